The van der Waals surface area contributed by atoms with Gasteiger partial charge in [0, 0.05) is 30.7 Å². The molecule has 0 N–H and O–H groups in total. The van der Waals surface area contributed by atoms with Crippen molar-refractivity contribution in [3.05, 3.63) is 30.2 Å². The molecule has 1 fully saturated rings. The summed E-state index contributed by atoms with van der Waals surface area (Å²) in [5.41, 5.74) is 0.646. The number of rotatable bonds is 3. The third kappa shape index (κ3) is 4.01. The number of hydrogen-bond acceptors (Lipinski definition) is 5. The van der Waals surface area contributed by atoms with Crippen molar-refractivity contribution >= 4 is 22.9 Å². The molecule has 0 aliphatic carbocycles. The Morgan fingerprint density at radius 1 is 1.14 bits per heavy atom. The van der Waals surface area contributed by atoms with E-state index in [1.165, 1.54) is 46.2 Å². The highest BCUT2D eigenvalue weighted by atomic mass is 32.2. The summed E-state index contributed by atoms with van der Waals surface area (Å²) in [6.45, 7) is 2.61. The third-order valence-corrected chi connectivity index (χ3v) is 4.40. The molecule has 6 heteroatoms. The van der Waals surface area contributed by atoms with E-state index in [9.17, 15) is 4.39 Å². The molecule has 1 aromatic carbocycles. The molecule has 22 heavy (non-hydrogen) atoms. The first-order valence-corrected chi connectivity index (χ1v) is 8.33. The Morgan fingerprint density at radius 2 is 1.82 bits per heavy atom. The van der Waals surface area contributed by atoms with Crippen LogP contribution < -0.4 is 9.47 Å². The summed E-state index contributed by atoms with van der Waals surface area (Å²) in [6.07, 6.45) is 6.56. The van der Waals surface area contributed by atoms with Gasteiger partial charge in [0.25, 0.3) is 0 Å². The van der Waals surface area contributed by atoms with Crippen LogP contribution >= 0.6 is 11.9 Å². The summed E-state index contributed by atoms with van der Waals surface area (Å²) in [5, 5.41) is 0.637. The standard InChI is InChI=1S/C11H10FNO2.C5H11NS/c1-14-10-3-4-13-9-6-11(15-2)8(12)5-7(9)10;1-7-6-4-2-3-5-6/h3-6H,1-2H3;2-5H2,1H3. The fourth-order valence-electron chi connectivity index (χ4n) is 2.33. The van der Waals surface area contributed by atoms with E-state index in [0.29, 0.717) is 16.7 Å². The number of halogens is 1. The van der Waals surface area contributed by atoms with Gasteiger partial charge >= 0.3 is 0 Å². The van der Waals surface area contributed by atoms with Crippen molar-refractivity contribution in [3.8, 4) is 11.5 Å². The normalized spacial score (nSPS) is 14.5. The van der Waals surface area contributed by atoms with Gasteiger partial charge in [-0.25, -0.2) is 4.39 Å². The fourth-order valence-corrected chi connectivity index (χ4v) is 2.95. The number of aromatic nitrogens is 1. The average Bonchev–Trinajstić information content (AvgIpc) is 3.08. The largest absolute Gasteiger partial charge is 0.496 e. The summed E-state index contributed by atoms with van der Waals surface area (Å²) < 4.78 is 25.8. The Labute approximate surface area is 134 Å². The predicted octanol–water partition coefficient (Wildman–Crippen LogP) is 3.75. The Bertz CT molecular complexity index is 618. The maximum absolute atomic E-state index is 13.4. The second-order valence-electron chi connectivity index (χ2n) is 4.84. The summed E-state index contributed by atoms with van der Waals surface area (Å²) in [7, 11) is 2.96. The topological polar surface area (TPSA) is 34.6 Å². The van der Waals surface area contributed by atoms with Gasteiger partial charge in [-0.2, -0.15) is 0 Å². The van der Waals surface area contributed by atoms with E-state index in [1.54, 1.807) is 18.3 Å². The number of ether oxygens (including phenoxy) is 2. The molecule has 1 aliphatic heterocycles. The van der Waals surface area contributed by atoms with Gasteiger partial charge < -0.3 is 9.47 Å². The number of pyridine rings is 1. The van der Waals surface area contributed by atoms with Crippen LogP contribution in [0.15, 0.2) is 24.4 Å². The zero-order valence-corrected chi connectivity index (χ0v) is 14.0. The zero-order chi connectivity index (χ0) is 15.9. The van der Waals surface area contributed by atoms with E-state index in [1.807, 2.05) is 11.9 Å². The lowest BCUT2D eigenvalue weighted by Gasteiger charge is -2.07. The highest BCUT2D eigenvalue weighted by Crippen LogP contribution is 2.29. The minimum absolute atomic E-state index is 0.184. The summed E-state index contributed by atoms with van der Waals surface area (Å²) in [4.78, 5) is 4.11. The first-order chi connectivity index (χ1) is 10.7. The highest BCUT2D eigenvalue weighted by Gasteiger charge is 2.09. The molecular weight excluding hydrogens is 303 g/mol. The summed E-state index contributed by atoms with van der Waals surface area (Å²) in [5.74, 6) is 0.362. The summed E-state index contributed by atoms with van der Waals surface area (Å²) >= 11 is 1.87. The average molecular weight is 324 g/mol. The maximum atomic E-state index is 13.4. The van der Waals surface area contributed by atoms with Crippen LogP contribution in [0.5, 0.6) is 11.5 Å². The van der Waals surface area contributed by atoms with Gasteiger partial charge in [0.15, 0.2) is 11.6 Å². The lowest BCUT2D eigenvalue weighted by Crippen LogP contribution is -2.07. The number of nitrogens with zero attached hydrogens (tertiary/aromatic N) is 2. The van der Waals surface area contributed by atoms with Gasteiger partial charge in [-0.3, -0.25) is 9.29 Å². The van der Waals surface area contributed by atoms with Crippen LogP contribution in [-0.4, -0.2) is 42.9 Å². The maximum Gasteiger partial charge on any atom is 0.165 e. The zero-order valence-electron chi connectivity index (χ0n) is 13.1. The molecule has 0 spiro atoms. The van der Waals surface area contributed by atoms with Gasteiger partial charge in [-0.1, -0.05) is 11.9 Å². The second kappa shape index (κ2) is 8.19. The molecule has 0 amide bonds. The van der Waals surface area contributed by atoms with Crippen molar-refractivity contribution in [1.29, 1.82) is 0 Å². The smallest absolute Gasteiger partial charge is 0.165 e. The lowest BCUT2D eigenvalue weighted by molar-refractivity contribution is 0.387. The van der Waals surface area contributed by atoms with Crippen molar-refractivity contribution in [2.45, 2.75) is 12.8 Å². The molecule has 1 aromatic heterocycles. The molecule has 120 valence electrons. The molecule has 3 rings (SSSR count). The van der Waals surface area contributed by atoms with Crippen molar-refractivity contribution in [2.24, 2.45) is 0 Å². The van der Waals surface area contributed by atoms with Gasteiger partial charge in [0.2, 0.25) is 0 Å². The van der Waals surface area contributed by atoms with E-state index in [0.717, 1.165) is 0 Å². The molecule has 0 saturated carbocycles. The molecule has 1 saturated heterocycles. The number of hydrogen-bond donors (Lipinski definition) is 0. The van der Waals surface area contributed by atoms with Gasteiger partial charge in [-0.15, -0.1) is 0 Å². The minimum Gasteiger partial charge on any atom is -0.496 e. The second-order valence-corrected chi connectivity index (χ2v) is 5.72. The van der Waals surface area contributed by atoms with E-state index >= 15 is 0 Å². The first-order valence-electron chi connectivity index (χ1n) is 7.15. The first kappa shape index (κ1) is 16.8. The molecular formula is C16H21FN2O2S. The Balaban J connectivity index is 0.000000211. The van der Waals surface area contributed by atoms with Gasteiger partial charge in [0.05, 0.1) is 19.7 Å². The molecule has 0 bridgehead atoms. The molecule has 4 nitrogen and oxygen atoms in total. The van der Waals surface area contributed by atoms with Crippen LogP contribution in [-0.2, 0) is 0 Å². The predicted molar refractivity (Wildman–Crippen MR) is 89.1 cm³/mol. The third-order valence-electron chi connectivity index (χ3n) is 3.52. The molecule has 2 aromatic rings. The lowest BCUT2D eigenvalue weighted by atomic mass is 10.2. The van der Waals surface area contributed by atoms with E-state index in [2.05, 4.69) is 15.5 Å². The molecule has 1 aliphatic rings. The number of fused-ring (bicyclic) bond motifs is 1. The van der Waals surface area contributed by atoms with Crippen LogP contribution in [0.3, 0.4) is 0 Å². The molecule has 0 atom stereocenters. The fraction of sp³-hybridized carbons (Fsp3) is 0.438. The van der Waals surface area contributed by atoms with Crippen molar-refractivity contribution in [3.63, 3.8) is 0 Å². The Kier molecular flexibility index (Phi) is 6.27. The number of benzene rings is 1. The minimum atomic E-state index is -0.420. The van der Waals surface area contributed by atoms with Crippen molar-refractivity contribution < 1.29 is 13.9 Å². The van der Waals surface area contributed by atoms with Crippen LogP contribution in [0.1, 0.15) is 12.8 Å². The van der Waals surface area contributed by atoms with Crippen molar-refractivity contribution in [2.75, 3.05) is 33.6 Å². The summed E-state index contributed by atoms with van der Waals surface area (Å²) in [6, 6.07) is 4.60. The van der Waals surface area contributed by atoms with Gasteiger partial charge in [-0.05, 0) is 31.2 Å². The Hall–Kier alpha value is -1.53. The molecule has 2 heterocycles. The molecule has 0 unspecified atom stereocenters. The quantitative estimate of drug-likeness (QED) is 0.803. The Morgan fingerprint density at radius 3 is 2.36 bits per heavy atom. The van der Waals surface area contributed by atoms with Crippen LogP contribution in [0, 0.1) is 5.82 Å². The van der Waals surface area contributed by atoms with E-state index in [4.69, 9.17) is 9.47 Å². The van der Waals surface area contributed by atoms with Gasteiger partial charge in [0.1, 0.15) is 5.75 Å². The van der Waals surface area contributed by atoms with Crippen molar-refractivity contribution in [1.82, 2.24) is 9.29 Å². The molecule has 0 radical (unpaired) electrons. The van der Waals surface area contributed by atoms with Crippen LogP contribution in [0.25, 0.3) is 10.9 Å². The number of methoxy groups -OCH3 is 2. The van der Waals surface area contributed by atoms with E-state index in [-0.39, 0.29) is 5.75 Å². The van der Waals surface area contributed by atoms with Crippen LogP contribution in [0.2, 0.25) is 0 Å². The monoisotopic (exact) mass is 324 g/mol. The van der Waals surface area contributed by atoms with E-state index < -0.39 is 5.82 Å². The highest BCUT2D eigenvalue weighted by molar-refractivity contribution is 7.96. The van der Waals surface area contributed by atoms with Crippen LogP contribution in [0.4, 0.5) is 4.39 Å². The SMILES string of the molecule is COc1cc2nccc(OC)c2cc1F.CSN1CCCC1.